The number of benzene rings is 1. The summed E-state index contributed by atoms with van der Waals surface area (Å²) in [6, 6.07) is 4.99. The average molecular weight is 257 g/mol. The molecule has 1 saturated heterocycles. The molecule has 17 heavy (non-hydrogen) atoms. The third-order valence-electron chi connectivity index (χ3n) is 2.57. The number of carboxylic acid groups (broad SMARTS) is 1. The number of aromatic carboxylic acids is 1. The van der Waals surface area contributed by atoms with Crippen molar-refractivity contribution in [3.63, 3.8) is 0 Å². The minimum atomic E-state index is -3.60. The minimum Gasteiger partial charge on any atom is -0.478 e. The predicted octanol–water partition coefficient (Wildman–Crippen LogP) is -0.250. The maximum Gasteiger partial charge on any atom is 0.335 e. The van der Waals surface area contributed by atoms with Crippen LogP contribution in [0.15, 0.2) is 29.2 Å². The second-order valence-corrected chi connectivity index (χ2v) is 5.74. The fourth-order valence-corrected chi connectivity index (χ4v) is 3.05. The summed E-state index contributed by atoms with van der Waals surface area (Å²) in [5.74, 6) is -1.10. The first-order valence-corrected chi connectivity index (χ1v) is 6.37. The molecule has 0 aromatic heterocycles. The molecule has 0 bridgehead atoms. The number of aliphatic hydroxyl groups is 1. The van der Waals surface area contributed by atoms with Gasteiger partial charge in [-0.25, -0.2) is 13.2 Å². The van der Waals surface area contributed by atoms with Gasteiger partial charge in [-0.2, -0.15) is 4.31 Å². The summed E-state index contributed by atoms with van der Waals surface area (Å²) in [7, 11) is -3.60. The Kier molecular flexibility index (Phi) is 2.90. The fraction of sp³-hybridized carbons (Fsp3) is 0.300. The first-order chi connectivity index (χ1) is 7.91. The largest absolute Gasteiger partial charge is 0.478 e. The van der Waals surface area contributed by atoms with E-state index in [4.69, 9.17) is 10.2 Å². The predicted molar refractivity (Wildman–Crippen MR) is 58.2 cm³/mol. The summed E-state index contributed by atoms with van der Waals surface area (Å²) in [5, 5.41) is 17.7. The molecule has 0 aliphatic carbocycles. The van der Waals surface area contributed by atoms with Crippen LogP contribution >= 0.6 is 0 Å². The van der Waals surface area contributed by atoms with Crippen LogP contribution in [0, 0.1) is 0 Å². The van der Waals surface area contributed by atoms with Crippen molar-refractivity contribution in [1.29, 1.82) is 0 Å². The van der Waals surface area contributed by atoms with E-state index in [0.717, 1.165) is 4.31 Å². The highest BCUT2D eigenvalue weighted by Gasteiger charge is 2.35. The molecule has 0 atom stereocenters. The van der Waals surface area contributed by atoms with Gasteiger partial charge in [-0.15, -0.1) is 0 Å². The van der Waals surface area contributed by atoms with Crippen molar-refractivity contribution in [2.75, 3.05) is 13.1 Å². The normalized spacial score (nSPS) is 17.7. The molecule has 1 aliphatic heterocycles. The molecule has 6 nitrogen and oxygen atoms in total. The van der Waals surface area contributed by atoms with Gasteiger partial charge in [-0.05, 0) is 24.3 Å². The van der Waals surface area contributed by atoms with Gasteiger partial charge in [-0.3, -0.25) is 0 Å². The lowest BCUT2D eigenvalue weighted by Gasteiger charge is -2.34. The highest BCUT2D eigenvalue weighted by molar-refractivity contribution is 7.89. The Balaban J connectivity index is 2.25. The molecule has 2 rings (SSSR count). The topological polar surface area (TPSA) is 94.9 Å². The quantitative estimate of drug-likeness (QED) is 0.778. The Morgan fingerprint density at radius 3 is 2.18 bits per heavy atom. The van der Waals surface area contributed by atoms with E-state index < -0.39 is 22.1 Å². The molecule has 0 spiro atoms. The molecule has 1 aromatic carbocycles. The van der Waals surface area contributed by atoms with Crippen LogP contribution in [0.3, 0.4) is 0 Å². The second-order valence-electron chi connectivity index (χ2n) is 3.81. The van der Waals surface area contributed by atoms with E-state index in [0.29, 0.717) is 0 Å². The number of carboxylic acids is 1. The van der Waals surface area contributed by atoms with E-state index in [-0.39, 0.29) is 23.5 Å². The van der Waals surface area contributed by atoms with Gasteiger partial charge in [0.1, 0.15) is 0 Å². The number of aliphatic hydroxyl groups excluding tert-OH is 1. The van der Waals surface area contributed by atoms with Crippen molar-refractivity contribution in [1.82, 2.24) is 4.31 Å². The lowest BCUT2D eigenvalue weighted by Crippen LogP contribution is -2.53. The van der Waals surface area contributed by atoms with E-state index in [1.165, 1.54) is 24.3 Å². The van der Waals surface area contributed by atoms with Gasteiger partial charge < -0.3 is 10.2 Å². The Hall–Kier alpha value is -1.44. The third-order valence-corrected chi connectivity index (χ3v) is 4.41. The van der Waals surface area contributed by atoms with Crippen molar-refractivity contribution < 1.29 is 23.4 Å². The standard InChI is InChI=1S/C10H11NO5S/c12-8-5-11(6-8)17(15,16)9-3-1-7(2-4-9)10(13)14/h1-4,8,12H,5-6H2,(H,13,14). The van der Waals surface area contributed by atoms with Crippen LogP contribution in [-0.4, -0.2) is 48.1 Å². The van der Waals surface area contributed by atoms with Crippen LogP contribution in [0.1, 0.15) is 10.4 Å². The Morgan fingerprint density at radius 1 is 1.24 bits per heavy atom. The Bertz CT molecular complexity index is 530. The number of hydrogen-bond acceptors (Lipinski definition) is 4. The molecule has 7 heteroatoms. The van der Waals surface area contributed by atoms with Crippen molar-refractivity contribution >= 4 is 16.0 Å². The zero-order valence-electron chi connectivity index (χ0n) is 8.78. The van der Waals surface area contributed by atoms with Crippen LogP contribution in [0.2, 0.25) is 0 Å². The molecule has 0 unspecified atom stereocenters. The van der Waals surface area contributed by atoms with Crippen molar-refractivity contribution in [2.45, 2.75) is 11.0 Å². The third kappa shape index (κ3) is 2.17. The molecule has 0 saturated carbocycles. The van der Waals surface area contributed by atoms with Crippen LogP contribution in [0.4, 0.5) is 0 Å². The number of rotatable bonds is 3. The zero-order chi connectivity index (χ0) is 12.6. The van der Waals surface area contributed by atoms with Crippen LogP contribution in [0.5, 0.6) is 0 Å². The maximum absolute atomic E-state index is 11.9. The van der Waals surface area contributed by atoms with Crippen molar-refractivity contribution in [3.8, 4) is 0 Å². The maximum atomic E-state index is 11.9. The number of nitrogens with zero attached hydrogens (tertiary/aromatic N) is 1. The number of sulfonamides is 1. The average Bonchev–Trinajstić information content (AvgIpc) is 2.25. The summed E-state index contributed by atoms with van der Waals surface area (Å²) in [5.41, 5.74) is 0.0348. The van der Waals surface area contributed by atoms with Crippen molar-refractivity contribution in [3.05, 3.63) is 29.8 Å². The van der Waals surface area contributed by atoms with Gasteiger partial charge in [0, 0.05) is 13.1 Å². The monoisotopic (exact) mass is 257 g/mol. The number of hydrogen-bond donors (Lipinski definition) is 2. The van der Waals surface area contributed by atoms with Crippen LogP contribution in [0.25, 0.3) is 0 Å². The molecule has 0 amide bonds. The Labute approximate surface area is 98.2 Å². The zero-order valence-corrected chi connectivity index (χ0v) is 9.59. The highest BCUT2D eigenvalue weighted by atomic mass is 32.2. The first kappa shape index (κ1) is 12.0. The van der Waals surface area contributed by atoms with Gasteiger partial charge in [0.15, 0.2) is 0 Å². The SMILES string of the molecule is O=C(O)c1ccc(S(=O)(=O)N2CC(O)C2)cc1. The van der Waals surface area contributed by atoms with E-state index >= 15 is 0 Å². The molecule has 1 fully saturated rings. The van der Waals surface area contributed by atoms with E-state index in [2.05, 4.69) is 0 Å². The minimum absolute atomic E-state index is 0.0348. The van der Waals surface area contributed by atoms with Gasteiger partial charge in [0.05, 0.1) is 16.6 Å². The summed E-state index contributed by atoms with van der Waals surface area (Å²) in [6.07, 6.45) is -0.608. The molecular formula is C10H11NO5S. The van der Waals surface area contributed by atoms with Gasteiger partial charge in [0.2, 0.25) is 10.0 Å². The fourth-order valence-electron chi connectivity index (χ4n) is 1.53. The highest BCUT2D eigenvalue weighted by Crippen LogP contribution is 2.21. The van der Waals surface area contributed by atoms with Crippen molar-refractivity contribution in [2.24, 2.45) is 0 Å². The lowest BCUT2D eigenvalue weighted by atomic mass is 10.2. The van der Waals surface area contributed by atoms with Crippen LogP contribution in [-0.2, 0) is 10.0 Å². The Morgan fingerprint density at radius 2 is 1.76 bits per heavy atom. The molecule has 1 aliphatic rings. The van der Waals surface area contributed by atoms with Gasteiger partial charge in [-0.1, -0.05) is 0 Å². The second kappa shape index (κ2) is 4.10. The molecular weight excluding hydrogens is 246 g/mol. The molecule has 92 valence electrons. The first-order valence-electron chi connectivity index (χ1n) is 4.93. The molecule has 2 N–H and O–H groups in total. The van der Waals surface area contributed by atoms with E-state index in [1.807, 2.05) is 0 Å². The molecule has 1 heterocycles. The van der Waals surface area contributed by atoms with Gasteiger partial charge in [0.25, 0.3) is 0 Å². The van der Waals surface area contributed by atoms with E-state index in [9.17, 15) is 13.2 Å². The molecule has 1 aromatic rings. The number of carbonyl (C=O) groups is 1. The van der Waals surface area contributed by atoms with Gasteiger partial charge >= 0.3 is 5.97 Å². The summed E-state index contributed by atoms with van der Waals surface area (Å²) < 4.78 is 25.0. The smallest absolute Gasteiger partial charge is 0.335 e. The van der Waals surface area contributed by atoms with E-state index in [1.54, 1.807) is 0 Å². The molecule has 0 radical (unpaired) electrons. The lowest BCUT2D eigenvalue weighted by molar-refractivity contribution is 0.0548. The summed E-state index contributed by atoms with van der Waals surface area (Å²) >= 11 is 0. The summed E-state index contributed by atoms with van der Waals surface area (Å²) in [6.45, 7) is 0.173. The summed E-state index contributed by atoms with van der Waals surface area (Å²) in [4.78, 5) is 10.6. The number of β-amino-alcohol motifs (C(OH)–C–C–N with tert-alkyl or cyclic N) is 1. The van der Waals surface area contributed by atoms with Crippen LogP contribution < -0.4 is 0 Å².